The number of hydrogen-bond donors (Lipinski definition) is 1. The van der Waals surface area contributed by atoms with Crippen molar-refractivity contribution in [2.45, 2.75) is 33.0 Å². The Morgan fingerprint density at radius 1 is 1.26 bits per heavy atom. The largest absolute Gasteiger partial charge is 0.490 e. The molecule has 0 unspecified atom stereocenters. The van der Waals surface area contributed by atoms with Crippen LogP contribution >= 0.6 is 0 Å². The van der Waals surface area contributed by atoms with Crippen LogP contribution in [0.1, 0.15) is 23.2 Å². The normalized spacial score (nSPS) is 13.6. The first-order valence-electron chi connectivity index (χ1n) is 7.99. The first kappa shape index (κ1) is 15.6. The summed E-state index contributed by atoms with van der Waals surface area (Å²) in [5.41, 5.74) is 3.45. The Balaban J connectivity index is 1.58. The second-order valence-corrected chi connectivity index (χ2v) is 5.69. The highest BCUT2D eigenvalue weighted by molar-refractivity contribution is 5.43. The molecule has 2 aromatic rings. The molecule has 5 heteroatoms. The molecule has 0 saturated heterocycles. The van der Waals surface area contributed by atoms with E-state index < -0.39 is 0 Å². The molecular formula is C18H23N3O2. The maximum Gasteiger partial charge on any atom is 0.161 e. The Bertz CT molecular complexity index is 679. The highest BCUT2D eigenvalue weighted by Crippen LogP contribution is 2.30. The SMILES string of the molecule is C=CCn1cc(CNCc2ccc3c(c2)OCCCO3)c(C)n1. The lowest BCUT2D eigenvalue weighted by atomic mass is 10.2. The van der Waals surface area contributed by atoms with E-state index >= 15 is 0 Å². The third-order valence-electron chi connectivity index (χ3n) is 3.82. The summed E-state index contributed by atoms with van der Waals surface area (Å²) >= 11 is 0. The molecule has 1 aromatic carbocycles. The molecule has 23 heavy (non-hydrogen) atoms. The smallest absolute Gasteiger partial charge is 0.161 e. The number of nitrogens with zero attached hydrogens (tertiary/aromatic N) is 2. The van der Waals surface area contributed by atoms with Gasteiger partial charge in [0.1, 0.15) is 0 Å². The predicted octanol–water partition coefficient (Wildman–Crippen LogP) is 2.83. The van der Waals surface area contributed by atoms with Crippen molar-refractivity contribution in [1.82, 2.24) is 15.1 Å². The molecule has 5 nitrogen and oxygen atoms in total. The molecule has 0 radical (unpaired) electrons. The van der Waals surface area contributed by atoms with Crippen LogP contribution in [0.4, 0.5) is 0 Å². The summed E-state index contributed by atoms with van der Waals surface area (Å²) in [4.78, 5) is 0. The van der Waals surface area contributed by atoms with E-state index in [1.54, 1.807) is 0 Å². The molecule has 1 aliphatic rings. The topological polar surface area (TPSA) is 48.3 Å². The predicted molar refractivity (Wildman–Crippen MR) is 89.8 cm³/mol. The van der Waals surface area contributed by atoms with Gasteiger partial charge in [0.25, 0.3) is 0 Å². The van der Waals surface area contributed by atoms with Crippen LogP contribution in [0.25, 0.3) is 0 Å². The summed E-state index contributed by atoms with van der Waals surface area (Å²) < 4.78 is 13.3. The standard InChI is InChI=1S/C18H23N3O2/c1-3-7-21-13-16(14(2)20-21)12-19-11-15-5-6-17-18(10-15)23-9-4-8-22-17/h3,5-6,10,13,19H,1,4,7-9,11-12H2,2H3. The molecule has 0 aliphatic carbocycles. The lowest BCUT2D eigenvalue weighted by Gasteiger charge is -2.10. The van der Waals surface area contributed by atoms with Gasteiger partial charge in [0.2, 0.25) is 0 Å². The second-order valence-electron chi connectivity index (χ2n) is 5.69. The van der Waals surface area contributed by atoms with Gasteiger partial charge in [0.05, 0.1) is 25.5 Å². The summed E-state index contributed by atoms with van der Waals surface area (Å²) in [7, 11) is 0. The van der Waals surface area contributed by atoms with Gasteiger partial charge in [-0.15, -0.1) is 6.58 Å². The van der Waals surface area contributed by atoms with E-state index in [4.69, 9.17) is 9.47 Å². The van der Waals surface area contributed by atoms with Crippen LogP contribution in [-0.2, 0) is 19.6 Å². The fourth-order valence-electron chi connectivity index (χ4n) is 2.62. The summed E-state index contributed by atoms with van der Waals surface area (Å²) in [6.45, 7) is 9.52. The van der Waals surface area contributed by atoms with Crippen molar-refractivity contribution in [3.05, 3.63) is 53.9 Å². The molecule has 1 aliphatic heterocycles. The van der Waals surface area contributed by atoms with Crippen LogP contribution in [0.5, 0.6) is 11.5 Å². The molecule has 1 aromatic heterocycles. The fourth-order valence-corrected chi connectivity index (χ4v) is 2.62. The summed E-state index contributed by atoms with van der Waals surface area (Å²) in [6, 6.07) is 6.13. The molecule has 0 amide bonds. The quantitative estimate of drug-likeness (QED) is 0.833. The van der Waals surface area contributed by atoms with Gasteiger partial charge in [0.15, 0.2) is 11.5 Å². The van der Waals surface area contributed by atoms with Crippen LogP contribution in [0, 0.1) is 6.92 Å². The average Bonchev–Trinajstić information content (AvgIpc) is 2.75. The summed E-state index contributed by atoms with van der Waals surface area (Å²) in [5.74, 6) is 1.68. The average molecular weight is 313 g/mol. The van der Waals surface area contributed by atoms with E-state index in [-0.39, 0.29) is 0 Å². The van der Waals surface area contributed by atoms with E-state index in [0.717, 1.165) is 49.9 Å². The number of benzene rings is 1. The van der Waals surface area contributed by atoms with Crippen LogP contribution in [0.3, 0.4) is 0 Å². The Kier molecular flexibility index (Phi) is 4.98. The van der Waals surface area contributed by atoms with Gasteiger partial charge in [-0.25, -0.2) is 0 Å². The van der Waals surface area contributed by atoms with Crippen molar-refractivity contribution in [3.63, 3.8) is 0 Å². The third-order valence-corrected chi connectivity index (χ3v) is 3.82. The summed E-state index contributed by atoms with van der Waals surface area (Å²) in [6.07, 6.45) is 4.84. The Morgan fingerprint density at radius 2 is 2.09 bits per heavy atom. The van der Waals surface area contributed by atoms with Crippen molar-refractivity contribution in [1.29, 1.82) is 0 Å². The second kappa shape index (κ2) is 7.33. The highest BCUT2D eigenvalue weighted by atomic mass is 16.5. The Labute approximate surface area is 136 Å². The molecule has 0 atom stereocenters. The molecule has 0 spiro atoms. The van der Waals surface area contributed by atoms with Crippen molar-refractivity contribution in [3.8, 4) is 11.5 Å². The van der Waals surface area contributed by atoms with Gasteiger partial charge < -0.3 is 14.8 Å². The number of rotatable bonds is 6. The molecule has 1 N–H and O–H groups in total. The number of hydrogen-bond acceptors (Lipinski definition) is 4. The lowest BCUT2D eigenvalue weighted by molar-refractivity contribution is 0.297. The Morgan fingerprint density at radius 3 is 2.91 bits per heavy atom. The summed E-state index contributed by atoms with van der Waals surface area (Å²) in [5, 5.41) is 7.92. The van der Waals surface area contributed by atoms with Gasteiger partial charge in [-0.05, 0) is 24.6 Å². The van der Waals surface area contributed by atoms with Gasteiger partial charge in [-0.1, -0.05) is 12.1 Å². The van der Waals surface area contributed by atoms with Crippen molar-refractivity contribution >= 4 is 0 Å². The maximum absolute atomic E-state index is 5.73. The lowest BCUT2D eigenvalue weighted by Crippen LogP contribution is -2.13. The van der Waals surface area contributed by atoms with Crippen molar-refractivity contribution < 1.29 is 9.47 Å². The monoisotopic (exact) mass is 313 g/mol. The van der Waals surface area contributed by atoms with Crippen LogP contribution in [0.2, 0.25) is 0 Å². The third kappa shape index (κ3) is 3.93. The minimum atomic E-state index is 0.714. The number of ether oxygens (including phenoxy) is 2. The molecule has 3 rings (SSSR count). The van der Waals surface area contributed by atoms with Gasteiger partial charge >= 0.3 is 0 Å². The highest BCUT2D eigenvalue weighted by Gasteiger charge is 2.10. The minimum Gasteiger partial charge on any atom is -0.490 e. The first-order valence-corrected chi connectivity index (χ1v) is 7.99. The maximum atomic E-state index is 5.73. The van der Waals surface area contributed by atoms with Crippen LogP contribution in [0.15, 0.2) is 37.1 Å². The van der Waals surface area contributed by atoms with Crippen molar-refractivity contribution in [2.75, 3.05) is 13.2 Å². The molecule has 0 saturated carbocycles. The van der Waals surface area contributed by atoms with Gasteiger partial charge in [-0.3, -0.25) is 4.68 Å². The number of aryl methyl sites for hydroxylation is 1. The van der Waals surface area contributed by atoms with E-state index in [0.29, 0.717) is 6.61 Å². The molecule has 122 valence electrons. The zero-order valence-corrected chi connectivity index (χ0v) is 13.5. The fraction of sp³-hybridized carbons (Fsp3) is 0.389. The number of allylic oxidation sites excluding steroid dienone is 1. The number of nitrogens with one attached hydrogen (secondary N) is 1. The number of aromatic nitrogens is 2. The minimum absolute atomic E-state index is 0.714. The Hall–Kier alpha value is -2.27. The molecular weight excluding hydrogens is 290 g/mol. The molecule has 0 bridgehead atoms. The van der Waals surface area contributed by atoms with E-state index in [1.165, 1.54) is 11.1 Å². The van der Waals surface area contributed by atoms with Gasteiger partial charge in [-0.2, -0.15) is 5.10 Å². The zero-order valence-electron chi connectivity index (χ0n) is 13.5. The number of fused-ring (bicyclic) bond motifs is 1. The van der Waals surface area contributed by atoms with Crippen molar-refractivity contribution in [2.24, 2.45) is 0 Å². The first-order chi connectivity index (χ1) is 11.3. The molecule has 0 fully saturated rings. The van der Waals surface area contributed by atoms with Crippen LogP contribution < -0.4 is 14.8 Å². The van der Waals surface area contributed by atoms with E-state index in [9.17, 15) is 0 Å². The molecule has 2 heterocycles. The van der Waals surface area contributed by atoms with Gasteiger partial charge in [0, 0.05) is 31.3 Å². The zero-order chi connectivity index (χ0) is 16.1. The van der Waals surface area contributed by atoms with E-state index in [1.807, 2.05) is 23.7 Å². The van der Waals surface area contributed by atoms with Crippen LogP contribution in [-0.4, -0.2) is 23.0 Å². The van der Waals surface area contributed by atoms with E-state index in [2.05, 4.69) is 35.3 Å².